The number of unbranched alkanes of at least 4 members (excludes halogenated alkanes) is 41. The molecule has 61 heavy (non-hydrogen) atoms. The molecule has 0 radical (unpaired) electrons. The first kappa shape index (κ1) is 59.9. The number of hydrogen-bond donors (Lipinski definition) is 3. The van der Waals surface area contributed by atoms with Gasteiger partial charge in [0.25, 0.3) is 0 Å². The molecule has 0 spiro atoms. The highest BCUT2D eigenvalue weighted by Crippen LogP contribution is 2.18. The summed E-state index contributed by atoms with van der Waals surface area (Å²) in [5.74, 6) is -0.0524. The standard InChI is InChI=1S/C55H109NO5/c1-3-5-7-9-11-13-15-17-19-20-22-23-27-31-35-39-43-47-53(58)52(51-57)56-54(59)48-44-40-36-32-28-25-26-30-34-38-42-46-50-61-55(60)49-45-41-37-33-29-24-21-18-16-14-12-10-8-6-4-2/h52-53,57-58H,3-51H2,1-2H3,(H,56,59). The van der Waals surface area contributed by atoms with Crippen molar-refractivity contribution < 1.29 is 24.5 Å². The minimum Gasteiger partial charge on any atom is -0.466 e. The van der Waals surface area contributed by atoms with E-state index in [0.717, 1.165) is 57.8 Å². The van der Waals surface area contributed by atoms with Crippen molar-refractivity contribution in [2.75, 3.05) is 13.2 Å². The van der Waals surface area contributed by atoms with Crippen LogP contribution in [0.3, 0.4) is 0 Å². The first-order valence-electron chi connectivity index (χ1n) is 27.8. The van der Waals surface area contributed by atoms with Crippen LogP contribution in [-0.2, 0) is 14.3 Å². The van der Waals surface area contributed by atoms with Gasteiger partial charge in [0.1, 0.15) is 0 Å². The zero-order valence-corrected chi connectivity index (χ0v) is 41.4. The van der Waals surface area contributed by atoms with Crippen LogP contribution in [-0.4, -0.2) is 47.4 Å². The van der Waals surface area contributed by atoms with Gasteiger partial charge >= 0.3 is 5.97 Å². The topological polar surface area (TPSA) is 95.9 Å². The van der Waals surface area contributed by atoms with Crippen molar-refractivity contribution in [2.45, 2.75) is 328 Å². The van der Waals surface area contributed by atoms with Gasteiger partial charge in [0.2, 0.25) is 5.91 Å². The molecule has 0 aromatic carbocycles. The highest BCUT2D eigenvalue weighted by Gasteiger charge is 2.20. The highest BCUT2D eigenvalue weighted by atomic mass is 16.5. The Hall–Kier alpha value is -1.14. The van der Waals surface area contributed by atoms with E-state index in [0.29, 0.717) is 25.9 Å². The Morgan fingerprint density at radius 1 is 0.393 bits per heavy atom. The normalized spacial score (nSPS) is 12.5. The third kappa shape index (κ3) is 48.2. The Kier molecular flexibility index (Phi) is 50.5. The lowest BCUT2D eigenvalue weighted by Gasteiger charge is -2.22. The molecular formula is C55H109NO5. The maximum atomic E-state index is 12.5. The van der Waals surface area contributed by atoms with Crippen molar-refractivity contribution in [1.82, 2.24) is 5.32 Å². The molecule has 0 saturated heterocycles. The SMILES string of the molecule is CCCCCCCCCCCCCCCCCCCC(O)C(CO)NC(=O)CCCCCCCCCCCCCCOC(=O)CCCCCCCCCCCCCCCCC. The van der Waals surface area contributed by atoms with Crippen LogP contribution in [0.4, 0.5) is 0 Å². The van der Waals surface area contributed by atoms with Crippen LogP contribution < -0.4 is 5.32 Å². The van der Waals surface area contributed by atoms with Crippen molar-refractivity contribution in [1.29, 1.82) is 0 Å². The summed E-state index contributed by atoms with van der Waals surface area (Å²) >= 11 is 0. The Morgan fingerprint density at radius 3 is 1.00 bits per heavy atom. The summed E-state index contributed by atoms with van der Waals surface area (Å²) in [4.78, 5) is 24.5. The molecule has 6 heteroatoms. The molecule has 6 nitrogen and oxygen atoms in total. The number of rotatable bonds is 52. The second-order valence-electron chi connectivity index (χ2n) is 19.3. The lowest BCUT2D eigenvalue weighted by atomic mass is 10.0. The number of nitrogens with one attached hydrogen (secondary N) is 1. The van der Waals surface area contributed by atoms with E-state index in [1.165, 1.54) is 225 Å². The molecule has 0 rings (SSSR count). The molecule has 2 atom stereocenters. The van der Waals surface area contributed by atoms with Gasteiger partial charge in [-0.2, -0.15) is 0 Å². The minimum absolute atomic E-state index is 0.00527. The van der Waals surface area contributed by atoms with E-state index in [1.54, 1.807) is 0 Å². The van der Waals surface area contributed by atoms with E-state index in [9.17, 15) is 19.8 Å². The number of esters is 1. The van der Waals surface area contributed by atoms with Crippen molar-refractivity contribution in [3.05, 3.63) is 0 Å². The molecule has 1 amide bonds. The Morgan fingerprint density at radius 2 is 0.672 bits per heavy atom. The van der Waals surface area contributed by atoms with Crippen LogP contribution in [0.15, 0.2) is 0 Å². The number of amides is 1. The van der Waals surface area contributed by atoms with Crippen LogP contribution in [0, 0.1) is 0 Å². The largest absolute Gasteiger partial charge is 0.466 e. The molecule has 0 aliphatic heterocycles. The fraction of sp³-hybridized carbons (Fsp3) is 0.964. The summed E-state index contributed by atoms with van der Waals surface area (Å²) in [6.45, 7) is 4.95. The Balaban J connectivity index is 3.44. The van der Waals surface area contributed by atoms with Gasteiger partial charge in [-0.3, -0.25) is 9.59 Å². The number of hydrogen-bond acceptors (Lipinski definition) is 5. The Labute approximate surface area is 381 Å². The second-order valence-corrected chi connectivity index (χ2v) is 19.3. The van der Waals surface area contributed by atoms with Gasteiger partial charge < -0.3 is 20.3 Å². The van der Waals surface area contributed by atoms with Crippen LogP contribution in [0.1, 0.15) is 316 Å². The quantitative estimate of drug-likeness (QED) is 0.0418. The first-order chi connectivity index (χ1) is 30.0. The van der Waals surface area contributed by atoms with E-state index >= 15 is 0 Å². The van der Waals surface area contributed by atoms with E-state index < -0.39 is 12.1 Å². The summed E-state index contributed by atoms with van der Waals surface area (Å²) in [5.41, 5.74) is 0. The predicted molar refractivity (Wildman–Crippen MR) is 264 cm³/mol. The fourth-order valence-corrected chi connectivity index (χ4v) is 8.88. The number of aliphatic hydroxyl groups is 2. The summed E-state index contributed by atoms with van der Waals surface area (Å²) in [5, 5.41) is 23.3. The molecule has 2 unspecified atom stereocenters. The zero-order valence-electron chi connectivity index (χ0n) is 41.4. The number of carbonyl (C=O) groups excluding carboxylic acids is 2. The highest BCUT2D eigenvalue weighted by molar-refractivity contribution is 5.76. The van der Waals surface area contributed by atoms with E-state index in [1.807, 2.05) is 0 Å². The predicted octanol–water partition coefficient (Wildman–Crippen LogP) is 16.7. The minimum atomic E-state index is -0.673. The average molecular weight is 864 g/mol. The van der Waals surface area contributed by atoms with Crippen molar-refractivity contribution in [2.24, 2.45) is 0 Å². The van der Waals surface area contributed by atoms with Crippen LogP contribution in [0.2, 0.25) is 0 Å². The molecule has 364 valence electrons. The molecule has 3 N–H and O–H groups in total. The lowest BCUT2D eigenvalue weighted by Crippen LogP contribution is -2.45. The van der Waals surface area contributed by atoms with Crippen LogP contribution in [0.5, 0.6) is 0 Å². The van der Waals surface area contributed by atoms with Crippen molar-refractivity contribution in [3.8, 4) is 0 Å². The number of aliphatic hydroxyl groups excluding tert-OH is 2. The van der Waals surface area contributed by atoms with Gasteiger partial charge in [-0.05, 0) is 25.7 Å². The molecular weight excluding hydrogens is 755 g/mol. The summed E-state index contributed by atoms with van der Waals surface area (Å²) in [7, 11) is 0. The molecule has 0 aliphatic rings. The third-order valence-corrected chi connectivity index (χ3v) is 13.2. The van der Waals surface area contributed by atoms with Gasteiger partial charge in [-0.25, -0.2) is 0 Å². The number of ether oxygens (including phenoxy) is 1. The molecule has 0 aliphatic carbocycles. The van der Waals surface area contributed by atoms with E-state index in [2.05, 4.69) is 19.2 Å². The molecule has 0 aromatic rings. The smallest absolute Gasteiger partial charge is 0.305 e. The zero-order chi connectivity index (χ0) is 44.4. The average Bonchev–Trinajstić information content (AvgIpc) is 3.26. The Bertz CT molecular complexity index is 867. The maximum Gasteiger partial charge on any atom is 0.305 e. The monoisotopic (exact) mass is 864 g/mol. The fourth-order valence-electron chi connectivity index (χ4n) is 8.88. The van der Waals surface area contributed by atoms with Crippen LogP contribution >= 0.6 is 0 Å². The molecule has 0 saturated carbocycles. The van der Waals surface area contributed by atoms with E-state index in [4.69, 9.17) is 4.74 Å². The van der Waals surface area contributed by atoms with Gasteiger partial charge in [-0.1, -0.05) is 277 Å². The number of carbonyl (C=O) groups is 2. The first-order valence-corrected chi connectivity index (χ1v) is 27.8. The lowest BCUT2D eigenvalue weighted by molar-refractivity contribution is -0.143. The van der Waals surface area contributed by atoms with Gasteiger partial charge in [0, 0.05) is 12.8 Å². The molecule has 0 heterocycles. The van der Waals surface area contributed by atoms with Gasteiger partial charge in [0.15, 0.2) is 0 Å². The second kappa shape index (κ2) is 51.5. The molecule has 0 fully saturated rings. The molecule has 0 bridgehead atoms. The summed E-state index contributed by atoms with van der Waals surface area (Å²) in [6.07, 6.45) is 57.9. The maximum absolute atomic E-state index is 12.5. The van der Waals surface area contributed by atoms with Crippen LogP contribution in [0.25, 0.3) is 0 Å². The van der Waals surface area contributed by atoms with Gasteiger partial charge in [-0.15, -0.1) is 0 Å². The van der Waals surface area contributed by atoms with E-state index in [-0.39, 0.29) is 18.5 Å². The third-order valence-electron chi connectivity index (χ3n) is 13.2. The van der Waals surface area contributed by atoms with Crippen molar-refractivity contribution in [3.63, 3.8) is 0 Å². The van der Waals surface area contributed by atoms with Crippen molar-refractivity contribution >= 4 is 11.9 Å². The summed E-state index contributed by atoms with van der Waals surface area (Å²) < 4.78 is 5.47. The summed E-state index contributed by atoms with van der Waals surface area (Å²) in [6, 6.07) is -0.551. The van der Waals surface area contributed by atoms with Gasteiger partial charge in [0.05, 0.1) is 25.4 Å². The molecule has 0 aromatic heterocycles.